The van der Waals surface area contributed by atoms with Gasteiger partial charge in [-0.2, -0.15) is 0 Å². The van der Waals surface area contributed by atoms with Crippen LogP contribution in [0.25, 0.3) is 0 Å². The molecule has 2 heterocycles. The molecule has 2 unspecified atom stereocenters. The molecule has 0 radical (unpaired) electrons. The fourth-order valence-electron chi connectivity index (χ4n) is 2.79. The lowest BCUT2D eigenvalue weighted by molar-refractivity contribution is 0.0343. The van der Waals surface area contributed by atoms with Gasteiger partial charge >= 0.3 is 0 Å². The largest absolute Gasteiger partial charge is 0.379 e. The summed E-state index contributed by atoms with van der Waals surface area (Å²) in [5, 5.41) is 3.62. The Labute approximate surface area is 111 Å². The Bertz CT molecular complexity index is 214. The fourth-order valence-corrected chi connectivity index (χ4v) is 2.79. The Morgan fingerprint density at radius 3 is 2.83 bits per heavy atom. The first kappa shape index (κ1) is 14.3. The van der Waals surface area contributed by atoms with Gasteiger partial charge < -0.3 is 14.8 Å². The van der Waals surface area contributed by atoms with Crippen LogP contribution in [0.2, 0.25) is 0 Å². The number of hydrogen-bond donors (Lipinski definition) is 1. The van der Waals surface area contributed by atoms with Gasteiger partial charge in [0.15, 0.2) is 0 Å². The van der Waals surface area contributed by atoms with Crippen molar-refractivity contribution in [1.82, 2.24) is 10.2 Å². The summed E-state index contributed by atoms with van der Waals surface area (Å²) in [5.41, 5.74) is 0. The molecule has 0 spiro atoms. The lowest BCUT2D eigenvalue weighted by atomic mass is 10.1. The molecule has 2 fully saturated rings. The number of nitrogens with zero attached hydrogens (tertiary/aromatic N) is 1. The average Bonchev–Trinajstić information content (AvgIpc) is 2.89. The van der Waals surface area contributed by atoms with E-state index >= 15 is 0 Å². The highest BCUT2D eigenvalue weighted by Crippen LogP contribution is 2.16. The van der Waals surface area contributed by atoms with Crippen molar-refractivity contribution in [3.05, 3.63) is 0 Å². The molecule has 2 rings (SSSR count). The molecule has 4 nitrogen and oxygen atoms in total. The first-order chi connectivity index (χ1) is 8.84. The lowest BCUT2D eigenvalue weighted by Crippen LogP contribution is -2.44. The second-order valence-electron chi connectivity index (χ2n) is 5.55. The predicted molar refractivity (Wildman–Crippen MR) is 72.9 cm³/mol. The summed E-state index contributed by atoms with van der Waals surface area (Å²) in [6.45, 7) is 9.48. The van der Waals surface area contributed by atoms with Crippen LogP contribution in [0.3, 0.4) is 0 Å². The zero-order valence-electron chi connectivity index (χ0n) is 11.7. The molecule has 0 aliphatic carbocycles. The smallest absolute Gasteiger partial charge is 0.0594 e. The average molecular weight is 256 g/mol. The van der Waals surface area contributed by atoms with Gasteiger partial charge in [0.2, 0.25) is 0 Å². The van der Waals surface area contributed by atoms with E-state index in [9.17, 15) is 0 Å². The molecule has 106 valence electrons. The molecule has 0 aromatic heterocycles. The maximum atomic E-state index is 5.63. The Morgan fingerprint density at radius 2 is 2.11 bits per heavy atom. The van der Waals surface area contributed by atoms with Gasteiger partial charge in [-0.3, -0.25) is 4.90 Å². The summed E-state index contributed by atoms with van der Waals surface area (Å²) in [5.74, 6) is 0. The Hall–Kier alpha value is -0.160. The van der Waals surface area contributed by atoms with E-state index in [1.165, 1.54) is 25.7 Å². The van der Waals surface area contributed by atoms with Crippen LogP contribution >= 0.6 is 0 Å². The first-order valence-electron chi connectivity index (χ1n) is 7.49. The predicted octanol–water partition coefficient (Wildman–Crippen LogP) is 1.26. The quantitative estimate of drug-likeness (QED) is 0.695. The first-order valence-corrected chi connectivity index (χ1v) is 7.49. The van der Waals surface area contributed by atoms with Gasteiger partial charge in [0.25, 0.3) is 0 Å². The van der Waals surface area contributed by atoms with Crippen molar-refractivity contribution in [2.24, 2.45) is 0 Å². The second-order valence-corrected chi connectivity index (χ2v) is 5.55. The van der Waals surface area contributed by atoms with Crippen LogP contribution < -0.4 is 5.32 Å². The summed E-state index contributed by atoms with van der Waals surface area (Å²) in [6.07, 6.45) is 5.52. The van der Waals surface area contributed by atoms with Gasteiger partial charge in [0.05, 0.1) is 19.3 Å². The van der Waals surface area contributed by atoms with Crippen molar-refractivity contribution in [2.45, 2.75) is 44.8 Å². The summed E-state index contributed by atoms with van der Waals surface area (Å²) >= 11 is 0. The van der Waals surface area contributed by atoms with Gasteiger partial charge in [-0.15, -0.1) is 0 Å². The molecule has 2 atom stereocenters. The number of hydrogen-bond acceptors (Lipinski definition) is 4. The molecule has 2 saturated heterocycles. The van der Waals surface area contributed by atoms with Crippen LogP contribution in [0.4, 0.5) is 0 Å². The molecule has 0 aromatic rings. The minimum Gasteiger partial charge on any atom is -0.379 e. The van der Waals surface area contributed by atoms with E-state index in [0.29, 0.717) is 12.1 Å². The summed E-state index contributed by atoms with van der Waals surface area (Å²) < 4.78 is 11.0. The van der Waals surface area contributed by atoms with Gasteiger partial charge in [-0.1, -0.05) is 0 Å². The van der Waals surface area contributed by atoms with Crippen molar-refractivity contribution in [1.29, 1.82) is 0 Å². The lowest BCUT2D eigenvalue weighted by Gasteiger charge is -2.29. The highest BCUT2D eigenvalue weighted by molar-refractivity contribution is 4.71. The van der Waals surface area contributed by atoms with Gasteiger partial charge in [-0.25, -0.2) is 0 Å². The minimum atomic E-state index is 0.543. The minimum absolute atomic E-state index is 0.543. The summed E-state index contributed by atoms with van der Waals surface area (Å²) in [7, 11) is 0. The van der Waals surface area contributed by atoms with E-state index in [2.05, 4.69) is 17.1 Å². The van der Waals surface area contributed by atoms with Crippen molar-refractivity contribution in [3.63, 3.8) is 0 Å². The SMILES string of the molecule is CC(CN1CCOCC1)NCCCC1CCCO1. The standard InChI is InChI=1S/C14H28N2O2/c1-13(12-16-7-10-17-11-8-16)15-6-2-4-14-5-3-9-18-14/h13-15H,2-12H2,1H3. The van der Waals surface area contributed by atoms with Crippen LogP contribution in [0, 0.1) is 0 Å². The Kier molecular flexibility index (Phi) is 6.41. The maximum absolute atomic E-state index is 5.63. The molecule has 0 aromatic carbocycles. The van der Waals surface area contributed by atoms with Gasteiger partial charge in [-0.05, 0) is 39.2 Å². The van der Waals surface area contributed by atoms with Crippen LogP contribution in [0.15, 0.2) is 0 Å². The zero-order valence-corrected chi connectivity index (χ0v) is 11.7. The molecule has 2 aliphatic heterocycles. The molecular weight excluding hydrogens is 228 g/mol. The van der Waals surface area contributed by atoms with E-state index in [1.807, 2.05) is 0 Å². The van der Waals surface area contributed by atoms with Gasteiger partial charge in [0.1, 0.15) is 0 Å². The van der Waals surface area contributed by atoms with E-state index in [1.54, 1.807) is 0 Å². The zero-order chi connectivity index (χ0) is 12.6. The maximum Gasteiger partial charge on any atom is 0.0594 e. The van der Waals surface area contributed by atoms with Gasteiger partial charge in [0, 0.05) is 32.3 Å². The van der Waals surface area contributed by atoms with E-state index in [0.717, 1.165) is 46.0 Å². The van der Waals surface area contributed by atoms with E-state index < -0.39 is 0 Å². The third-order valence-corrected chi connectivity index (χ3v) is 3.86. The fraction of sp³-hybridized carbons (Fsp3) is 1.00. The van der Waals surface area contributed by atoms with Crippen molar-refractivity contribution in [2.75, 3.05) is 46.0 Å². The third kappa shape index (κ3) is 5.22. The third-order valence-electron chi connectivity index (χ3n) is 3.86. The molecule has 0 bridgehead atoms. The second kappa shape index (κ2) is 8.10. The molecular formula is C14H28N2O2. The van der Waals surface area contributed by atoms with Crippen molar-refractivity contribution >= 4 is 0 Å². The van der Waals surface area contributed by atoms with Crippen LogP contribution in [-0.4, -0.2) is 63.0 Å². The normalized spacial score (nSPS) is 27.5. The summed E-state index contributed by atoms with van der Waals surface area (Å²) in [6, 6.07) is 0.576. The van der Waals surface area contributed by atoms with E-state index in [4.69, 9.17) is 9.47 Å². The number of nitrogens with one attached hydrogen (secondary N) is 1. The summed E-state index contributed by atoms with van der Waals surface area (Å²) in [4.78, 5) is 2.49. The Morgan fingerprint density at radius 1 is 1.28 bits per heavy atom. The monoisotopic (exact) mass is 256 g/mol. The number of ether oxygens (including phenoxy) is 2. The van der Waals surface area contributed by atoms with Crippen molar-refractivity contribution in [3.8, 4) is 0 Å². The van der Waals surface area contributed by atoms with Crippen LogP contribution in [0.1, 0.15) is 32.6 Å². The number of rotatable bonds is 7. The highest BCUT2D eigenvalue weighted by atomic mass is 16.5. The van der Waals surface area contributed by atoms with Crippen molar-refractivity contribution < 1.29 is 9.47 Å². The molecule has 2 aliphatic rings. The topological polar surface area (TPSA) is 33.7 Å². The molecule has 4 heteroatoms. The number of morpholine rings is 1. The van der Waals surface area contributed by atoms with Crippen LogP contribution in [0.5, 0.6) is 0 Å². The molecule has 18 heavy (non-hydrogen) atoms. The Balaban J connectivity index is 1.47. The molecule has 0 amide bonds. The molecule has 0 saturated carbocycles. The van der Waals surface area contributed by atoms with E-state index in [-0.39, 0.29) is 0 Å². The highest BCUT2D eigenvalue weighted by Gasteiger charge is 2.15. The molecule has 1 N–H and O–H groups in total. The van der Waals surface area contributed by atoms with Crippen LogP contribution in [-0.2, 0) is 9.47 Å².